The van der Waals surface area contributed by atoms with Gasteiger partial charge >= 0.3 is 6.03 Å². The molecule has 3 N–H and O–H groups in total. The molecule has 1 atom stereocenters. The third-order valence-electron chi connectivity index (χ3n) is 4.89. The van der Waals surface area contributed by atoms with Crippen LogP contribution in [-0.4, -0.2) is 37.6 Å². The first kappa shape index (κ1) is 23.9. The maximum Gasteiger partial charge on any atom is 0.319 e. The van der Waals surface area contributed by atoms with Crippen LogP contribution in [0.3, 0.4) is 0 Å². The van der Waals surface area contributed by atoms with E-state index in [9.17, 15) is 18.0 Å². The fourth-order valence-electron chi connectivity index (χ4n) is 3.31. The van der Waals surface area contributed by atoms with Crippen molar-refractivity contribution in [3.63, 3.8) is 0 Å². The molecule has 0 saturated heterocycles. The number of amides is 3. The Kier molecular flexibility index (Phi) is 7.78. The first-order valence-electron chi connectivity index (χ1n) is 10.5. The Balaban J connectivity index is 1.69. The van der Waals surface area contributed by atoms with Gasteiger partial charge in [-0.2, -0.15) is 0 Å². The Morgan fingerprint density at radius 3 is 2.18 bits per heavy atom. The largest absolute Gasteiger partial charge is 0.326 e. The molecule has 1 heterocycles. The van der Waals surface area contributed by atoms with Crippen LogP contribution in [0, 0.1) is 0 Å². The smallest absolute Gasteiger partial charge is 0.319 e. The summed E-state index contributed by atoms with van der Waals surface area (Å²) in [5.74, 6) is -0.342. The molecule has 3 amide bonds. The van der Waals surface area contributed by atoms with Gasteiger partial charge in [-0.25, -0.2) is 13.2 Å². The Labute approximate surface area is 193 Å². The lowest BCUT2D eigenvalue weighted by Gasteiger charge is -2.18. The molecule has 33 heavy (non-hydrogen) atoms. The van der Waals surface area contributed by atoms with Gasteiger partial charge in [0.2, 0.25) is 5.91 Å². The molecule has 0 radical (unpaired) electrons. The highest BCUT2D eigenvalue weighted by atomic mass is 32.2. The summed E-state index contributed by atoms with van der Waals surface area (Å²) in [5.41, 5.74) is 2.42. The summed E-state index contributed by atoms with van der Waals surface area (Å²) in [6.45, 7) is 1.93. The lowest BCUT2D eigenvalue weighted by atomic mass is 10.1. The van der Waals surface area contributed by atoms with Gasteiger partial charge in [-0.3, -0.25) is 9.78 Å². The van der Waals surface area contributed by atoms with Gasteiger partial charge < -0.3 is 16.0 Å². The van der Waals surface area contributed by atoms with Crippen molar-refractivity contribution >= 4 is 33.2 Å². The Morgan fingerprint density at radius 2 is 1.55 bits per heavy atom. The van der Waals surface area contributed by atoms with E-state index in [4.69, 9.17) is 0 Å². The SMILES string of the molecule is CCC[C@H](NC(=O)Nc1ccncc1)C(=O)Nc1ccc(-c2ccccc2S(C)(=O)=O)cc1. The Bertz CT molecular complexity index is 1210. The number of anilines is 2. The predicted molar refractivity (Wildman–Crippen MR) is 129 cm³/mol. The lowest BCUT2D eigenvalue weighted by molar-refractivity contribution is -0.118. The molecule has 3 aromatic rings. The summed E-state index contributed by atoms with van der Waals surface area (Å²) in [7, 11) is -3.38. The fourth-order valence-corrected chi connectivity index (χ4v) is 4.22. The third kappa shape index (κ3) is 6.63. The van der Waals surface area contributed by atoms with Crippen LogP contribution in [0.5, 0.6) is 0 Å². The van der Waals surface area contributed by atoms with E-state index in [1.165, 1.54) is 6.26 Å². The van der Waals surface area contributed by atoms with Gasteiger partial charge in [-0.15, -0.1) is 0 Å². The molecule has 8 nitrogen and oxygen atoms in total. The second-order valence-corrected chi connectivity index (χ2v) is 9.49. The highest BCUT2D eigenvalue weighted by Crippen LogP contribution is 2.28. The van der Waals surface area contributed by atoms with Crippen molar-refractivity contribution < 1.29 is 18.0 Å². The highest BCUT2D eigenvalue weighted by molar-refractivity contribution is 7.90. The number of benzene rings is 2. The molecule has 2 aromatic carbocycles. The standard InChI is InChI=1S/C24H26N4O4S/c1-3-6-21(28-24(30)27-19-13-15-25-16-14-19)23(29)26-18-11-9-17(10-12-18)20-7-4-5-8-22(20)33(2,31)32/h4-5,7-16,21H,3,6H2,1-2H3,(H,26,29)(H2,25,27,28,30)/t21-/m0/s1. The van der Waals surface area contributed by atoms with E-state index < -0.39 is 21.9 Å². The van der Waals surface area contributed by atoms with Crippen molar-refractivity contribution in [1.29, 1.82) is 0 Å². The van der Waals surface area contributed by atoms with Crippen LogP contribution in [0.15, 0.2) is 78.0 Å². The van der Waals surface area contributed by atoms with Crippen molar-refractivity contribution in [3.05, 3.63) is 73.1 Å². The zero-order valence-corrected chi connectivity index (χ0v) is 19.2. The zero-order chi connectivity index (χ0) is 23.8. The zero-order valence-electron chi connectivity index (χ0n) is 18.4. The van der Waals surface area contributed by atoms with Crippen molar-refractivity contribution in [2.24, 2.45) is 0 Å². The molecule has 0 fully saturated rings. The maximum absolute atomic E-state index is 12.8. The van der Waals surface area contributed by atoms with Crippen molar-refractivity contribution in [1.82, 2.24) is 10.3 Å². The number of urea groups is 1. The first-order chi connectivity index (χ1) is 15.8. The molecule has 0 unspecified atom stereocenters. The van der Waals surface area contributed by atoms with E-state index in [1.54, 1.807) is 73.1 Å². The molecule has 9 heteroatoms. The second-order valence-electron chi connectivity index (χ2n) is 7.51. The highest BCUT2D eigenvalue weighted by Gasteiger charge is 2.20. The van der Waals surface area contributed by atoms with Crippen molar-refractivity contribution in [2.75, 3.05) is 16.9 Å². The van der Waals surface area contributed by atoms with E-state index in [0.717, 1.165) is 0 Å². The van der Waals surface area contributed by atoms with Gasteiger partial charge in [0, 0.05) is 35.6 Å². The average molecular weight is 467 g/mol. The third-order valence-corrected chi connectivity index (χ3v) is 6.04. The summed E-state index contributed by atoms with van der Waals surface area (Å²) >= 11 is 0. The number of carbonyl (C=O) groups excluding carboxylic acids is 2. The van der Waals surface area contributed by atoms with E-state index in [2.05, 4.69) is 20.9 Å². The number of hydrogen-bond acceptors (Lipinski definition) is 5. The Morgan fingerprint density at radius 1 is 0.909 bits per heavy atom. The number of carbonyl (C=O) groups is 2. The van der Waals surface area contributed by atoms with Crippen LogP contribution < -0.4 is 16.0 Å². The van der Waals surface area contributed by atoms with Gasteiger partial charge in [0.1, 0.15) is 6.04 Å². The molecule has 0 spiro atoms. The van der Waals surface area contributed by atoms with Crippen LogP contribution in [0.1, 0.15) is 19.8 Å². The van der Waals surface area contributed by atoms with Crippen LogP contribution in [0.2, 0.25) is 0 Å². The maximum atomic E-state index is 12.8. The van der Waals surface area contributed by atoms with Crippen LogP contribution in [-0.2, 0) is 14.6 Å². The number of nitrogens with one attached hydrogen (secondary N) is 3. The van der Waals surface area contributed by atoms with Gasteiger partial charge in [0.05, 0.1) is 4.90 Å². The van der Waals surface area contributed by atoms with E-state index in [1.807, 2.05) is 6.92 Å². The van der Waals surface area contributed by atoms with Gasteiger partial charge in [-0.1, -0.05) is 43.7 Å². The van der Waals surface area contributed by atoms with Crippen molar-refractivity contribution in [3.8, 4) is 11.1 Å². The van der Waals surface area contributed by atoms with E-state index in [-0.39, 0.29) is 10.8 Å². The number of pyridine rings is 1. The number of rotatable bonds is 8. The number of aromatic nitrogens is 1. The van der Waals surface area contributed by atoms with Gasteiger partial charge in [0.25, 0.3) is 0 Å². The molecular weight excluding hydrogens is 440 g/mol. The molecular formula is C24H26N4O4S. The second kappa shape index (κ2) is 10.7. The van der Waals surface area contributed by atoms with Crippen LogP contribution in [0.25, 0.3) is 11.1 Å². The molecule has 1 aromatic heterocycles. The molecule has 0 saturated carbocycles. The number of sulfone groups is 1. The quantitative estimate of drug-likeness (QED) is 0.462. The minimum absolute atomic E-state index is 0.245. The number of hydrogen-bond donors (Lipinski definition) is 3. The minimum Gasteiger partial charge on any atom is -0.326 e. The summed E-state index contributed by atoms with van der Waals surface area (Å²) in [5, 5.41) is 8.18. The van der Waals surface area contributed by atoms with Crippen LogP contribution in [0.4, 0.5) is 16.2 Å². The summed E-state index contributed by atoms with van der Waals surface area (Å²) in [4.78, 5) is 29.2. The fraction of sp³-hybridized carbons (Fsp3) is 0.208. The normalized spacial score (nSPS) is 11.9. The number of nitrogens with zero attached hydrogens (tertiary/aromatic N) is 1. The average Bonchev–Trinajstić information content (AvgIpc) is 2.79. The van der Waals surface area contributed by atoms with Gasteiger partial charge in [-0.05, 0) is 42.3 Å². The first-order valence-corrected chi connectivity index (χ1v) is 12.3. The molecule has 172 valence electrons. The topological polar surface area (TPSA) is 117 Å². The lowest BCUT2D eigenvalue weighted by Crippen LogP contribution is -2.45. The summed E-state index contributed by atoms with van der Waals surface area (Å²) in [6, 6.07) is 15.8. The molecule has 0 aliphatic rings. The van der Waals surface area contributed by atoms with E-state index in [0.29, 0.717) is 35.3 Å². The summed E-state index contributed by atoms with van der Waals surface area (Å²) in [6.07, 6.45) is 5.46. The summed E-state index contributed by atoms with van der Waals surface area (Å²) < 4.78 is 24.2. The van der Waals surface area contributed by atoms with E-state index >= 15 is 0 Å². The molecule has 0 aliphatic carbocycles. The monoisotopic (exact) mass is 466 g/mol. The molecule has 0 bridgehead atoms. The minimum atomic E-state index is -3.38. The van der Waals surface area contributed by atoms with Gasteiger partial charge in [0.15, 0.2) is 9.84 Å². The molecule has 3 rings (SSSR count). The Hall–Kier alpha value is -3.72. The predicted octanol–water partition coefficient (Wildman–Crippen LogP) is 4.08. The van der Waals surface area contributed by atoms with Crippen LogP contribution >= 0.6 is 0 Å². The molecule has 0 aliphatic heterocycles. The van der Waals surface area contributed by atoms with Crippen molar-refractivity contribution in [2.45, 2.75) is 30.7 Å².